The molecule has 248 valence electrons. The average Bonchev–Trinajstić information content (AvgIpc) is 3.68. The van der Waals surface area contributed by atoms with Gasteiger partial charge in [-0.2, -0.15) is 9.97 Å². The summed E-state index contributed by atoms with van der Waals surface area (Å²) in [5.74, 6) is 3.35. The third kappa shape index (κ3) is 4.54. The van der Waals surface area contributed by atoms with Crippen molar-refractivity contribution in [1.82, 2.24) is 29.1 Å². The molecule has 10 aromatic rings. The summed E-state index contributed by atoms with van der Waals surface area (Å²) < 4.78 is 11.3. The van der Waals surface area contributed by atoms with Gasteiger partial charge in [0.1, 0.15) is 0 Å². The van der Waals surface area contributed by atoms with Gasteiger partial charge in [-0.05, 0) is 48.0 Å². The molecule has 0 N–H and O–H groups in total. The van der Waals surface area contributed by atoms with Crippen LogP contribution < -0.4 is 4.74 Å². The van der Waals surface area contributed by atoms with E-state index in [1.165, 1.54) is 0 Å². The van der Waals surface area contributed by atoms with E-state index in [2.05, 4.69) is 105 Å². The maximum Gasteiger partial charge on any atom is 0.238 e. The van der Waals surface area contributed by atoms with Gasteiger partial charge in [0.05, 0.1) is 28.4 Å². The molecule has 4 aromatic heterocycles. The predicted molar refractivity (Wildman–Crippen MR) is 211 cm³/mol. The van der Waals surface area contributed by atoms with Gasteiger partial charge in [0.2, 0.25) is 5.95 Å². The van der Waals surface area contributed by atoms with Gasteiger partial charge in [0.25, 0.3) is 0 Å². The van der Waals surface area contributed by atoms with Crippen molar-refractivity contribution < 1.29 is 4.74 Å². The molecule has 11 rings (SSSR count). The molecule has 1 aliphatic rings. The summed E-state index contributed by atoms with van der Waals surface area (Å²) in [6.45, 7) is 0. The second kappa shape index (κ2) is 11.6. The standard InChI is InChI=1S/C46H28N6O/c1-3-13-29(14-4-1)44-48-45(30-15-5-2-6-16-30)50-46(49-44)52-38-21-11-9-18-33(38)37-27-31(23-24-40(37)52)51-39-22-12-10-20-36(39)43-42(51)35-19-8-7-17-32(35)34-25-26-47-28-41(34)53-43/h1-28H. The molecule has 0 amide bonds. The van der Waals surface area contributed by atoms with Crippen LogP contribution in [0.3, 0.4) is 0 Å². The number of pyridine rings is 1. The fraction of sp³-hybridized carbons (Fsp3) is 0. The van der Waals surface area contributed by atoms with Gasteiger partial charge in [-0.15, -0.1) is 0 Å². The third-order valence-electron chi connectivity index (χ3n) is 10.1. The number of ether oxygens (including phenoxy) is 1. The second-order valence-corrected chi connectivity index (χ2v) is 13.1. The molecule has 0 unspecified atom stereocenters. The Hall–Kier alpha value is -7.38. The molecular weight excluding hydrogens is 653 g/mol. The normalized spacial score (nSPS) is 11.9. The summed E-state index contributed by atoms with van der Waals surface area (Å²) in [5.41, 5.74) is 10.2. The van der Waals surface area contributed by atoms with Gasteiger partial charge in [0.15, 0.2) is 23.1 Å². The lowest BCUT2D eigenvalue weighted by Crippen LogP contribution is -2.06. The molecule has 0 saturated heterocycles. The summed E-state index contributed by atoms with van der Waals surface area (Å²) >= 11 is 0. The highest BCUT2D eigenvalue weighted by molar-refractivity contribution is 6.10. The van der Waals surface area contributed by atoms with E-state index in [1.54, 1.807) is 0 Å². The largest absolute Gasteiger partial charge is 0.452 e. The minimum Gasteiger partial charge on any atom is -0.452 e. The first kappa shape index (κ1) is 29.4. The molecule has 0 fully saturated rings. The summed E-state index contributed by atoms with van der Waals surface area (Å²) in [6.07, 6.45) is 3.63. The summed E-state index contributed by atoms with van der Waals surface area (Å²) in [5, 5.41) is 3.22. The zero-order valence-electron chi connectivity index (χ0n) is 28.3. The number of nitrogens with zero attached hydrogens (tertiary/aromatic N) is 6. The van der Waals surface area contributed by atoms with Gasteiger partial charge >= 0.3 is 0 Å². The van der Waals surface area contributed by atoms with Crippen LogP contribution in [0.25, 0.3) is 89.5 Å². The number of aromatic nitrogens is 6. The highest BCUT2D eigenvalue weighted by Gasteiger charge is 2.28. The molecule has 53 heavy (non-hydrogen) atoms. The van der Waals surface area contributed by atoms with Gasteiger partial charge in [0, 0.05) is 50.3 Å². The van der Waals surface area contributed by atoms with Crippen molar-refractivity contribution in [2.24, 2.45) is 0 Å². The molecule has 5 heterocycles. The van der Waals surface area contributed by atoms with E-state index >= 15 is 0 Å². The van der Waals surface area contributed by atoms with Crippen molar-refractivity contribution >= 4 is 32.7 Å². The van der Waals surface area contributed by atoms with Crippen LogP contribution in [-0.4, -0.2) is 29.1 Å². The first-order valence-corrected chi connectivity index (χ1v) is 17.6. The molecule has 7 heteroatoms. The Morgan fingerprint density at radius 1 is 0.453 bits per heavy atom. The van der Waals surface area contributed by atoms with E-state index < -0.39 is 0 Å². The topological polar surface area (TPSA) is 70.7 Å². The van der Waals surface area contributed by atoms with E-state index in [-0.39, 0.29) is 0 Å². The zero-order valence-corrected chi connectivity index (χ0v) is 28.3. The predicted octanol–water partition coefficient (Wildman–Crippen LogP) is 11.1. The SMILES string of the molecule is c1ccc(-c2nc(-c3ccccc3)nc(-n3c4ccccc4c4cc(-n5c6c(c7ccccc75)Oc5cnccc5-c5ccccc5-6)ccc43)n2)cc1. The smallest absolute Gasteiger partial charge is 0.238 e. The Bertz CT molecular complexity index is 2980. The van der Waals surface area contributed by atoms with Gasteiger partial charge in [-0.1, -0.05) is 115 Å². The minimum atomic E-state index is 0.561. The fourth-order valence-electron chi connectivity index (χ4n) is 7.76. The Morgan fingerprint density at radius 2 is 1.06 bits per heavy atom. The van der Waals surface area contributed by atoms with Crippen LogP contribution in [0.5, 0.6) is 11.5 Å². The fourth-order valence-corrected chi connectivity index (χ4v) is 7.76. The summed E-state index contributed by atoms with van der Waals surface area (Å²) in [6, 6.07) is 54.3. The Balaban J connectivity index is 1.18. The molecule has 6 aromatic carbocycles. The zero-order chi connectivity index (χ0) is 34.9. The molecule has 0 radical (unpaired) electrons. The number of rotatable bonds is 4. The molecule has 0 atom stereocenters. The molecule has 0 bridgehead atoms. The summed E-state index contributed by atoms with van der Waals surface area (Å²) in [7, 11) is 0. The summed E-state index contributed by atoms with van der Waals surface area (Å²) in [4.78, 5) is 19.6. The molecule has 0 saturated carbocycles. The van der Waals surface area contributed by atoms with E-state index in [0.29, 0.717) is 17.6 Å². The van der Waals surface area contributed by atoms with Crippen LogP contribution in [-0.2, 0) is 0 Å². The molecule has 0 aliphatic carbocycles. The van der Waals surface area contributed by atoms with Gasteiger partial charge in [-0.25, -0.2) is 4.98 Å². The molecule has 7 nitrogen and oxygen atoms in total. The van der Waals surface area contributed by atoms with Crippen molar-refractivity contribution in [1.29, 1.82) is 0 Å². The van der Waals surface area contributed by atoms with E-state index in [1.807, 2.05) is 79.1 Å². The number of para-hydroxylation sites is 2. The number of hydrogen-bond acceptors (Lipinski definition) is 5. The lowest BCUT2D eigenvalue weighted by Gasteiger charge is -2.14. The third-order valence-corrected chi connectivity index (χ3v) is 10.1. The molecule has 0 spiro atoms. The second-order valence-electron chi connectivity index (χ2n) is 13.1. The quantitative estimate of drug-likeness (QED) is 0.185. The number of fused-ring (bicyclic) bond motifs is 10. The van der Waals surface area contributed by atoms with Gasteiger partial charge in [-0.3, -0.25) is 9.55 Å². The lowest BCUT2D eigenvalue weighted by molar-refractivity contribution is 0.490. The van der Waals surface area contributed by atoms with E-state index in [0.717, 1.165) is 83.4 Å². The first-order chi connectivity index (χ1) is 26.3. The highest BCUT2D eigenvalue weighted by Crippen LogP contribution is 2.51. The van der Waals surface area contributed by atoms with E-state index in [9.17, 15) is 0 Å². The van der Waals surface area contributed by atoms with Crippen molar-refractivity contribution in [2.75, 3.05) is 0 Å². The van der Waals surface area contributed by atoms with Crippen LogP contribution in [0.1, 0.15) is 0 Å². The highest BCUT2D eigenvalue weighted by atomic mass is 16.5. The Morgan fingerprint density at radius 3 is 1.79 bits per heavy atom. The van der Waals surface area contributed by atoms with Crippen LogP contribution in [0.15, 0.2) is 170 Å². The Kier molecular flexibility index (Phi) is 6.42. The van der Waals surface area contributed by atoms with Crippen LogP contribution in [0.4, 0.5) is 0 Å². The lowest BCUT2D eigenvalue weighted by atomic mass is 9.98. The number of hydrogen-bond donors (Lipinski definition) is 0. The monoisotopic (exact) mass is 680 g/mol. The molecular formula is C46H28N6O. The average molecular weight is 681 g/mol. The van der Waals surface area contributed by atoms with Crippen molar-refractivity contribution in [3.63, 3.8) is 0 Å². The van der Waals surface area contributed by atoms with Crippen molar-refractivity contribution in [3.05, 3.63) is 170 Å². The maximum atomic E-state index is 6.81. The molecule has 1 aliphatic heterocycles. The van der Waals surface area contributed by atoms with Crippen LogP contribution >= 0.6 is 0 Å². The van der Waals surface area contributed by atoms with Crippen molar-refractivity contribution in [2.45, 2.75) is 0 Å². The van der Waals surface area contributed by atoms with Crippen LogP contribution in [0.2, 0.25) is 0 Å². The first-order valence-electron chi connectivity index (χ1n) is 17.6. The minimum absolute atomic E-state index is 0.561. The van der Waals surface area contributed by atoms with Crippen LogP contribution in [0, 0.1) is 0 Å². The Labute approximate surface area is 304 Å². The maximum absolute atomic E-state index is 6.81. The van der Waals surface area contributed by atoms with E-state index in [4.69, 9.17) is 19.7 Å². The van der Waals surface area contributed by atoms with Crippen molar-refractivity contribution in [3.8, 4) is 68.3 Å². The number of benzene rings is 6. The van der Waals surface area contributed by atoms with Gasteiger partial charge < -0.3 is 9.30 Å².